The third-order valence-electron chi connectivity index (χ3n) is 5.76. The summed E-state index contributed by atoms with van der Waals surface area (Å²) in [5, 5.41) is 9.89. The lowest BCUT2D eigenvalue weighted by atomic mass is 9.92. The van der Waals surface area contributed by atoms with Crippen molar-refractivity contribution in [1.29, 1.82) is 0 Å². The summed E-state index contributed by atoms with van der Waals surface area (Å²) in [6, 6.07) is 12.8. The lowest BCUT2D eigenvalue weighted by Gasteiger charge is -2.31. The number of carboxylic acids is 1. The highest BCUT2D eigenvalue weighted by Crippen LogP contribution is 2.50. The molecule has 0 aromatic heterocycles. The molecule has 4 atom stereocenters. The summed E-state index contributed by atoms with van der Waals surface area (Å²) in [4.78, 5) is 12.7. The molecule has 1 N–H and O–H groups in total. The van der Waals surface area contributed by atoms with Crippen LogP contribution in [-0.2, 0) is 14.8 Å². The number of hydrogen-bond donors (Lipinski definition) is 1. The van der Waals surface area contributed by atoms with Gasteiger partial charge < -0.3 is 5.11 Å². The Morgan fingerprint density at radius 3 is 2.34 bits per heavy atom. The molecule has 1 saturated heterocycles. The van der Waals surface area contributed by atoms with Crippen LogP contribution in [0.4, 0.5) is 0 Å². The van der Waals surface area contributed by atoms with Gasteiger partial charge in [-0.3, -0.25) is 4.79 Å². The van der Waals surface area contributed by atoms with Crippen LogP contribution < -0.4 is 0 Å². The number of thioether (sulfide) groups is 1. The first-order chi connectivity index (χ1) is 15.2. The summed E-state index contributed by atoms with van der Waals surface area (Å²) in [7, 11) is -3.94. The largest absolute Gasteiger partial charge is 0.481 e. The molecule has 32 heavy (non-hydrogen) atoms. The van der Waals surface area contributed by atoms with E-state index in [0.717, 1.165) is 16.5 Å². The molecule has 0 saturated carbocycles. The van der Waals surface area contributed by atoms with E-state index in [9.17, 15) is 18.3 Å². The van der Waals surface area contributed by atoms with E-state index in [1.165, 1.54) is 16.1 Å². The topological polar surface area (TPSA) is 74.7 Å². The van der Waals surface area contributed by atoms with Crippen LogP contribution in [0.25, 0.3) is 0 Å². The summed E-state index contributed by atoms with van der Waals surface area (Å²) in [6.07, 6.45) is 3.06. The normalized spacial score (nSPS) is 23.8. The van der Waals surface area contributed by atoms with Crippen molar-refractivity contribution in [1.82, 2.24) is 4.31 Å². The summed E-state index contributed by atoms with van der Waals surface area (Å²) < 4.78 is 30.3. The van der Waals surface area contributed by atoms with Gasteiger partial charge in [-0.25, -0.2) is 8.42 Å². The van der Waals surface area contributed by atoms with Crippen molar-refractivity contribution < 1.29 is 18.3 Å². The minimum atomic E-state index is -3.94. The van der Waals surface area contributed by atoms with Gasteiger partial charge in [-0.1, -0.05) is 65.2 Å². The number of hydrogen-bond acceptors (Lipinski definition) is 4. The van der Waals surface area contributed by atoms with Gasteiger partial charge in [0, 0.05) is 21.5 Å². The number of carbonyl (C=O) groups is 1. The van der Waals surface area contributed by atoms with E-state index >= 15 is 0 Å². The molecule has 0 unspecified atom stereocenters. The lowest BCUT2D eigenvalue weighted by Crippen LogP contribution is -2.40. The van der Waals surface area contributed by atoms with E-state index in [4.69, 9.17) is 0 Å². The number of aliphatic carboxylic acids is 1. The quantitative estimate of drug-likeness (QED) is 0.417. The highest BCUT2D eigenvalue weighted by molar-refractivity contribution is 9.10. The van der Waals surface area contributed by atoms with Crippen LogP contribution in [0, 0.1) is 12.8 Å². The van der Waals surface area contributed by atoms with Gasteiger partial charge in [0.15, 0.2) is 0 Å². The zero-order chi connectivity index (χ0) is 23.5. The smallest absolute Gasteiger partial charge is 0.309 e. The number of aryl methyl sites for hydroxylation is 1. The molecule has 0 aliphatic carbocycles. The Morgan fingerprint density at radius 1 is 1.19 bits per heavy atom. The zero-order valence-corrected chi connectivity index (χ0v) is 21.4. The maximum atomic E-state index is 14.0. The van der Waals surface area contributed by atoms with Crippen molar-refractivity contribution in [3.63, 3.8) is 0 Å². The number of benzene rings is 2. The molecule has 1 aliphatic rings. The van der Waals surface area contributed by atoms with E-state index in [0.29, 0.717) is 17.7 Å². The van der Waals surface area contributed by atoms with E-state index in [1.54, 1.807) is 30.3 Å². The number of rotatable bonds is 9. The van der Waals surface area contributed by atoms with Crippen molar-refractivity contribution in [2.75, 3.05) is 5.75 Å². The van der Waals surface area contributed by atoms with Crippen molar-refractivity contribution in [2.24, 2.45) is 5.92 Å². The monoisotopic (exact) mass is 537 g/mol. The molecule has 1 heterocycles. The minimum Gasteiger partial charge on any atom is -0.481 e. The first kappa shape index (κ1) is 25.0. The first-order valence-electron chi connectivity index (χ1n) is 10.5. The molecule has 0 radical (unpaired) electrons. The SMILES string of the molecule is C=CCS[C@H]1[C@@H](C(=O)O)[C@H](c2ccc(Br)cc2)N(S(=O)(=O)c2ccc(C)cc2)[C@@H]1CCC. The molecular weight excluding hydrogens is 510 g/mol. The summed E-state index contributed by atoms with van der Waals surface area (Å²) >= 11 is 4.89. The molecule has 172 valence electrons. The van der Waals surface area contributed by atoms with Gasteiger partial charge in [0.2, 0.25) is 10.0 Å². The summed E-state index contributed by atoms with van der Waals surface area (Å²) in [5.74, 6) is -1.31. The Morgan fingerprint density at radius 2 is 1.81 bits per heavy atom. The first-order valence-corrected chi connectivity index (χ1v) is 13.8. The third-order valence-corrected chi connectivity index (χ3v) is 9.63. The van der Waals surface area contributed by atoms with Crippen molar-refractivity contribution in [3.8, 4) is 0 Å². The predicted molar refractivity (Wildman–Crippen MR) is 133 cm³/mol. The van der Waals surface area contributed by atoms with Gasteiger partial charge >= 0.3 is 5.97 Å². The van der Waals surface area contributed by atoms with Gasteiger partial charge in [-0.2, -0.15) is 16.1 Å². The summed E-state index contributed by atoms with van der Waals surface area (Å²) in [5.41, 5.74) is 1.64. The molecule has 3 rings (SSSR count). The average Bonchev–Trinajstić information content (AvgIpc) is 3.08. The van der Waals surface area contributed by atoms with Crippen LogP contribution in [0.5, 0.6) is 0 Å². The van der Waals surface area contributed by atoms with Crippen LogP contribution in [0.15, 0.2) is 70.6 Å². The Hall–Kier alpha value is -1.61. The van der Waals surface area contributed by atoms with Crippen LogP contribution in [-0.4, -0.2) is 40.8 Å². The van der Waals surface area contributed by atoms with Gasteiger partial charge in [-0.15, -0.1) is 6.58 Å². The molecule has 0 bridgehead atoms. The minimum absolute atomic E-state index is 0.185. The van der Waals surface area contributed by atoms with E-state index in [1.807, 2.05) is 38.1 Å². The lowest BCUT2D eigenvalue weighted by molar-refractivity contribution is -0.142. The van der Waals surface area contributed by atoms with Gasteiger partial charge in [0.25, 0.3) is 0 Å². The van der Waals surface area contributed by atoms with Gasteiger partial charge in [-0.05, 0) is 43.2 Å². The van der Waals surface area contributed by atoms with Crippen LogP contribution in [0.1, 0.15) is 36.9 Å². The number of carboxylic acid groups (broad SMARTS) is 1. The fourth-order valence-corrected chi connectivity index (χ4v) is 7.89. The molecule has 8 heteroatoms. The van der Waals surface area contributed by atoms with Crippen LogP contribution >= 0.6 is 27.7 Å². The number of nitrogens with zero attached hydrogens (tertiary/aromatic N) is 1. The Balaban J connectivity index is 2.23. The predicted octanol–water partition coefficient (Wildman–Crippen LogP) is 5.66. The molecule has 0 amide bonds. The molecule has 1 fully saturated rings. The Kier molecular flexibility index (Phi) is 8.25. The van der Waals surface area contributed by atoms with E-state index in [2.05, 4.69) is 22.5 Å². The molecule has 0 spiro atoms. The number of halogens is 1. The maximum absolute atomic E-state index is 14.0. The molecule has 1 aliphatic heterocycles. The fourth-order valence-electron chi connectivity index (χ4n) is 4.36. The average molecular weight is 539 g/mol. The van der Waals surface area contributed by atoms with Gasteiger partial charge in [0.05, 0.1) is 16.9 Å². The van der Waals surface area contributed by atoms with E-state index in [-0.39, 0.29) is 10.1 Å². The second kappa shape index (κ2) is 10.5. The highest BCUT2D eigenvalue weighted by Gasteiger charge is 2.56. The molecular formula is C24H28BrNO4S2. The van der Waals surface area contributed by atoms with Crippen LogP contribution in [0.3, 0.4) is 0 Å². The second-order valence-corrected chi connectivity index (χ2v) is 11.9. The van der Waals surface area contributed by atoms with Gasteiger partial charge in [0.1, 0.15) is 0 Å². The molecule has 2 aromatic carbocycles. The van der Waals surface area contributed by atoms with E-state index < -0.39 is 34.0 Å². The zero-order valence-electron chi connectivity index (χ0n) is 18.1. The second-order valence-electron chi connectivity index (χ2n) is 7.95. The fraction of sp³-hybridized carbons (Fsp3) is 0.375. The van der Waals surface area contributed by atoms with Crippen LogP contribution in [0.2, 0.25) is 0 Å². The molecule has 5 nitrogen and oxygen atoms in total. The van der Waals surface area contributed by atoms with Crippen molar-refractivity contribution >= 4 is 43.7 Å². The standard InChI is InChI=1S/C24H28BrNO4S2/c1-4-6-20-23(31-15-5-2)21(24(27)28)22(17-9-11-18(25)12-10-17)26(20)32(29,30)19-13-7-16(3)8-14-19/h5,7-14,20-23H,2,4,6,15H2,1,3H3,(H,27,28)/t20-,21+,22+,23-/m1/s1. The molecule has 2 aromatic rings. The van der Waals surface area contributed by atoms with Crippen molar-refractivity contribution in [2.45, 2.75) is 48.9 Å². The number of sulfonamides is 1. The summed E-state index contributed by atoms with van der Waals surface area (Å²) in [6.45, 7) is 7.66. The highest BCUT2D eigenvalue weighted by atomic mass is 79.9. The Bertz CT molecular complexity index is 1050. The van der Waals surface area contributed by atoms with Crippen molar-refractivity contribution in [3.05, 3.63) is 76.8 Å². The Labute approximate surface area is 203 Å². The third kappa shape index (κ3) is 4.98. The maximum Gasteiger partial charge on any atom is 0.309 e.